The Morgan fingerprint density at radius 1 is 0.867 bits per heavy atom. The standard InChI is InChI=1S/C24H25Cl2N3O/c1-28-14-16(20-12-18(25)6-8-22(20)28)4-3-11-27-24(30)10-5-17-15-29(2)23-9-7-19(26)13-21(17)23/h6-9,12-15H,3-5,10-11H2,1-2H3,(H,27,30). The van der Waals surface area contributed by atoms with Crippen LogP contribution < -0.4 is 5.32 Å². The molecule has 4 nitrogen and oxygen atoms in total. The molecule has 2 aromatic carbocycles. The molecule has 0 atom stereocenters. The summed E-state index contributed by atoms with van der Waals surface area (Å²) in [5, 5.41) is 6.82. The zero-order chi connectivity index (χ0) is 21.3. The number of halogens is 2. The van der Waals surface area contributed by atoms with Gasteiger partial charge >= 0.3 is 0 Å². The monoisotopic (exact) mass is 441 g/mol. The maximum absolute atomic E-state index is 12.3. The number of carbonyl (C=O) groups is 1. The summed E-state index contributed by atoms with van der Waals surface area (Å²) in [6.07, 6.45) is 7.19. The molecule has 4 rings (SSSR count). The van der Waals surface area contributed by atoms with Crippen LogP contribution in [0.15, 0.2) is 48.8 Å². The molecule has 2 aromatic heterocycles. The van der Waals surface area contributed by atoms with Gasteiger partial charge in [0.2, 0.25) is 5.91 Å². The summed E-state index contributed by atoms with van der Waals surface area (Å²) in [7, 11) is 4.06. The van der Waals surface area contributed by atoms with Gasteiger partial charge in [-0.3, -0.25) is 4.79 Å². The molecular formula is C24H25Cl2N3O. The lowest BCUT2D eigenvalue weighted by atomic mass is 10.1. The minimum absolute atomic E-state index is 0.0787. The highest BCUT2D eigenvalue weighted by Gasteiger charge is 2.10. The van der Waals surface area contributed by atoms with E-state index in [0.29, 0.717) is 24.4 Å². The number of hydrogen-bond acceptors (Lipinski definition) is 1. The van der Waals surface area contributed by atoms with Crippen molar-refractivity contribution in [2.24, 2.45) is 14.1 Å². The first-order chi connectivity index (χ1) is 14.4. The van der Waals surface area contributed by atoms with Crippen molar-refractivity contribution < 1.29 is 4.79 Å². The van der Waals surface area contributed by atoms with Gasteiger partial charge < -0.3 is 14.5 Å². The molecule has 0 aliphatic carbocycles. The molecule has 156 valence electrons. The van der Waals surface area contributed by atoms with Crippen LogP contribution in [0.3, 0.4) is 0 Å². The predicted molar refractivity (Wildman–Crippen MR) is 126 cm³/mol. The number of nitrogens with one attached hydrogen (secondary N) is 1. The second kappa shape index (κ2) is 8.75. The summed E-state index contributed by atoms with van der Waals surface area (Å²) >= 11 is 12.3. The van der Waals surface area contributed by atoms with Crippen molar-refractivity contribution in [2.75, 3.05) is 6.54 Å². The molecule has 0 unspecified atom stereocenters. The number of fused-ring (bicyclic) bond motifs is 2. The van der Waals surface area contributed by atoms with Crippen LogP contribution in [0.2, 0.25) is 10.0 Å². The van der Waals surface area contributed by atoms with E-state index < -0.39 is 0 Å². The Labute approximate surface area is 186 Å². The molecule has 0 spiro atoms. The summed E-state index contributed by atoms with van der Waals surface area (Å²) in [6.45, 7) is 0.664. The van der Waals surface area contributed by atoms with Crippen molar-refractivity contribution >= 4 is 50.9 Å². The van der Waals surface area contributed by atoms with Gasteiger partial charge in [-0.05, 0) is 66.8 Å². The minimum atomic E-state index is 0.0787. The van der Waals surface area contributed by atoms with Crippen molar-refractivity contribution in [1.29, 1.82) is 0 Å². The number of aryl methyl sites for hydroxylation is 4. The molecule has 1 N–H and O–H groups in total. The molecule has 0 saturated heterocycles. The van der Waals surface area contributed by atoms with Crippen LogP contribution in [0.4, 0.5) is 0 Å². The summed E-state index contributed by atoms with van der Waals surface area (Å²) in [5.41, 5.74) is 4.72. The smallest absolute Gasteiger partial charge is 0.220 e. The zero-order valence-electron chi connectivity index (χ0n) is 17.2. The van der Waals surface area contributed by atoms with Crippen molar-refractivity contribution in [3.63, 3.8) is 0 Å². The molecule has 0 fully saturated rings. The van der Waals surface area contributed by atoms with Gasteiger partial charge in [0.25, 0.3) is 0 Å². The van der Waals surface area contributed by atoms with Gasteiger partial charge in [0.15, 0.2) is 0 Å². The predicted octanol–water partition coefficient (Wildman–Crippen LogP) is 5.66. The first-order valence-electron chi connectivity index (χ1n) is 10.2. The number of aromatic nitrogens is 2. The number of nitrogens with zero attached hydrogens (tertiary/aromatic N) is 2. The van der Waals surface area contributed by atoms with Gasteiger partial charge in [-0.15, -0.1) is 0 Å². The van der Waals surface area contributed by atoms with E-state index in [1.807, 2.05) is 50.5 Å². The van der Waals surface area contributed by atoms with Crippen molar-refractivity contribution in [3.05, 3.63) is 70.0 Å². The van der Waals surface area contributed by atoms with E-state index in [4.69, 9.17) is 23.2 Å². The van der Waals surface area contributed by atoms with Gasteiger partial charge in [-0.25, -0.2) is 0 Å². The van der Waals surface area contributed by atoms with Crippen LogP contribution in [-0.4, -0.2) is 21.6 Å². The molecule has 0 aliphatic heterocycles. The highest BCUT2D eigenvalue weighted by atomic mass is 35.5. The molecule has 0 aliphatic rings. The first-order valence-corrected chi connectivity index (χ1v) is 10.9. The quantitative estimate of drug-likeness (QED) is 0.369. The van der Waals surface area contributed by atoms with E-state index in [-0.39, 0.29) is 5.91 Å². The molecule has 30 heavy (non-hydrogen) atoms. The fraction of sp³-hybridized carbons (Fsp3) is 0.292. The maximum atomic E-state index is 12.3. The topological polar surface area (TPSA) is 39.0 Å². The van der Waals surface area contributed by atoms with E-state index >= 15 is 0 Å². The largest absolute Gasteiger partial charge is 0.356 e. The Bertz CT molecular complexity index is 1220. The lowest BCUT2D eigenvalue weighted by Crippen LogP contribution is -2.24. The fourth-order valence-electron chi connectivity index (χ4n) is 4.13. The molecule has 0 radical (unpaired) electrons. The zero-order valence-corrected chi connectivity index (χ0v) is 18.7. The maximum Gasteiger partial charge on any atom is 0.220 e. The van der Waals surface area contributed by atoms with Crippen molar-refractivity contribution in [1.82, 2.24) is 14.5 Å². The minimum Gasteiger partial charge on any atom is -0.356 e. The Morgan fingerprint density at radius 3 is 1.97 bits per heavy atom. The van der Waals surface area contributed by atoms with Crippen LogP contribution in [0, 0.1) is 0 Å². The van der Waals surface area contributed by atoms with Crippen LogP contribution in [0.25, 0.3) is 21.8 Å². The van der Waals surface area contributed by atoms with E-state index in [0.717, 1.165) is 34.3 Å². The van der Waals surface area contributed by atoms with Crippen molar-refractivity contribution in [2.45, 2.75) is 25.7 Å². The number of amides is 1. The van der Waals surface area contributed by atoms with Gasteiger partial charge in [0.1, 0.15) is 0 Å². The Kier molecular flexibility index (Phi) is 6.07. The molecule has 4 aromatic rings. The number of hydrogen-bond donors (Lipinski definition) is 1. The highest BCUT2D eigenvalue weighted by Crippen LogP contribution is 2.26. The lowest BCUT2D eigenvalue weighted by molar-refractivity contribution is -0.121. The summed E-state index contributed by atoms with van der Waals surface area (Å²) in [4.78, 5) is 12.3. The number of carbonyl (C=O) groups excluding carboxylic acids is 1. The number of rotatable bonds is 7. The third-order valence-electron chi connectivity index (χ3n) is 5.63. The third-order valence-corrected chi connectivity index (χ3v) is 6.10. The van der Waals surface area contributed by atoms with E-state index in [1.165, 1.54) is 16.5 Å². The highest BCUT2D eigenvalue weighted by molar-refractivity contribution is 6.31. The summed E-state index contributed by atoms with van der Waals surface area (Å²) < 4.78 is 4.20. The second-order valence-corrected chi connectivity index (χ2v) is 8.68. The average Bonchev–Trinajstić information content (AvgIpc) is 3.19. The number of benzene rings is 2. The van der Waals surface area contributed by atoms with E-state index in [1.54, 1.807) is 0 Å². The summed E-state index contributed by atoms with van der Waals surface area (Å²) in [5.74, 6) is 0.0787. The first kappa shape index (κ1) is 20.8. The second-order valence-electron chi connectivity index (χ2n) is 7.81. The Hall–Kier alpha value is -2.43. The van der Waals surface area contributed by atoms with Crippen LogP contribution in [0.5, 0.6) is 0 Å². The van der Waals surface area contributed by atoms with Gasteiger partial charge in [-0.2, -0.15) is 0 Å². The van der Waals surface area contributed by atoms with Gasteiger partial charge in [0, 0.05) is 71.3 Å². The molecule has 6 heteroatoms. The summed E-state index contributed by atoms with van der Waals surface area (Å²) in [6, 6.07) is 11.9. The van der Waals surface area contributed by atoms with E-state index in [9.17, 15) is 4.79 Å². The Morgan fingerprint density at radius 2 is 1.40 bits per heavy atom. The Balaban J connectivity index is 1.29. The van der Waals surface area contributed by atoms with Crippen LogP contribution >= 0.6 is 23.2 Å². The van der Waals surface area contributed by atoms with E-state index in [2.05, 4.69) is 26.8 Å². The lowest BCUT2D eigenvalue weighted by Gasteiger charge is -2.05. The normalized spacial score (nSPS) is 11.5. The molecular weight excluding hydrogens is 417 g/mol. The fourth-order valence-corrected chi connectivity index (χ4v) is 4.48. The SMILES string of the molecule is Cn1cc(CCCNC(=O)CCc2cn(C)c3ccc(Cl)cc23)c2cc(Cl)ccc21. The third kappa shape index (κ3) is 4.35. The molecule has 1 amide bonds. The van der Waals surface area contributed by atoms with Crippen LogP contribution in [-0.2, 0) is 31.7 Å². The van der Waals surface area contributed by atoms with Gasteiger partial charge in [0.05, 0.1) is 0 Å². The van der Waals surface area contributed by atoms with Gasteiger partial charge in [-0.1, -0.05) is 23.2 Å². The molecule has 2 heterocycles. The van der Waals surface area contributed by atoms with Crippen LogP contribution in [0.1, 0.15) is 24.0 Å². The molecule has 0 bridgehead atoms. The average molecular weight is 442 g/mol. The molecule has 0 saturated carbocycles. The van der Waals surface area contributed by atoms with Crippen molar-refractivity contribution in [3.8, 4) is 0 Å².